The van der Waals surface area contributed by atoms with Crippen molar-refractivity contribution in [2.24, 2.45) is 7.05 Å². The summed E-state index contributed by atoms with van der Waals surface area (Å²) in [6.07, 6.45) is 1.33. The summed E-state index contributed by atoms with van der Waals surface area (Å²) in [7, 11) is 0.144. The van der Waals surface area contributed by atoms with Crippen LogP contribution >= 0.6 is 11.6 Å². The van der Waals surface area contributed by atoms with Gasteiger partial charge >= 0.3 is 7.12 Å². The minimum atomic E-state index is -1.54. The van der Waals surface area contributed by atoms with Gasteiger partial charge in [0.05, 0.1) is 11.0 Å². The number of hydrogen-bond donors (Lipinski definition) is 2. The van der Waals surface area contributed by atoms with E-state index < -0.39 is 7.12 Å². The van der Waals surface area contributed by atoms with E-state index in [1.54, 1.807) is 17.7 Å². The molecule has 2 aromatic rings. The van der Waals surface area contributed by atoms with Gasteiger partial charge in [0.2, 0.25) is 0 Å². The molecule has 14 heavy (non-hydrogen) atoms. The second-order valence-electron chi connectivity index (χ2n) is 2.90. The van der Waals surface area contributed by atoms with Crippen molar-refractivity contribution in [1.82, 2.24) is 14.5 Å². The van der Waals surface area contributed by atoms with Gasteiger partial charge in [-0.15, -0.1) is 0 Å². The topological polar surface area (TPSA) is 71.2 Å². The lowest BCUT2D eigenvalue weighted by Gasteiger charge is -2.00. The molecule has 0 unspecified atom stereocenters. The Morgan fingerprint density at radius 2 is 2.14 bits per heavy atom. The molecule has 0 saturated heterocycles. The van der Waals surface area contributed by atoms with Gasteiger partial charge in [-0.05, 0) is 6.07 Å². The number of fused-ring (bicyclic) bond motifs is 1. The highest BCUT2D eigenvalue weighted by molar-refractivity contribution is 6.58. The summed E-state index contributed by atoms with van der Waals surface area (Å²) < 4.78 is 1.56. The predicted molar refractivity (Wildman–Crippen MR) is 53.3 cm³/mol. The van der Waals surface area contributed by atoms with Crippen LogP contribution in [-0.4, -0.2) is 31.7 Å². The van der Waals surface area contributed by atoms with Gasteiger partial charge in [0.25, 0.3) is 0 Å². The largest absolute Gasteiger partial charge is 0.506 e. The molecular formula is C7H7BClN3O2. The van der Waals surface area contributed by atoms with Crippen LogP contribution in [0.5, 0.6) is 0 Å². The summed E-state index contributed by atoms with van der Waals surface area (Å²) in [6.45, 7) is 0. The van der Waals surface area contributed by atoms with Gasteiger partial charge in [-0.1, -0.05) is 11.6 Å². The van der Waals surface area contributed by atoms with Crippen molar-refractivity contribution >= 4 is 35.3 Å². The highest BCUT2D eigenvalue weighted by Crippen LogP contribution is 2.17. The van der Waals surface area contributed by atoms with Crippen LogP contribution in [0, 0.1) is 0 Å². The Hall–Kier alpha value is -1.11. The number of nitrogens with zero attached hydrogens (tertiary/aromatic N) is 3. The molecule has 2 aromatic heterocycles. The van der Waals surface area contributed by atoms with Gasteiger partial charge in [-0.3, -0.25) is 0 Å². The fraction of sp³-hybridized carbons (Fsp3) is 0.143. The molecule has 2 rings (SSSR count). The predicted octanol–water partition coefficient (Wildman–Crippen LogP) is -0.699. The van der Waals surface area contributed by atoms with Crippen LogP contribution in [0.2, 0.25) is 5.15 Å². The van der Waals surface area contributed by atoms with Crippen LogP contribution in [0.3, 0.4) is 0 Å². The highest BCUT2D eigenvalue weighted by atomic mass is 35.5. The average molecular weight is 211 g/mol. The molecule has 0 atom stereocenters. The van der Waals surface area contributed by atoms with Crippen molar-refractivity contribution in [3.63, 3.8) is 0 Å². The van der Waals surface area contributed by atoms with Gasteiger partial charge in [0.15, 0.2) is 0 Å². The second kappa shape index (κ2) is 3.23. The third-order valence-corrected chi connectivity index (χ3v) is 2.38. The Kier molecular flexibility index (Phi) is 2.18. The second-order valence-corrected chi connectivity index (χ2v) is 3.26. The van der Waals surface area contributed by atoms with Crippen LogP contribution in [-0.2, 0) is 7.05 Å². The molecule has 0 aromatic carbocycles. The minimum absolute atomic E-state index is 0.303. The summed E-state index contributed by atoms with van der Waals surface area (Å²) in [4.78, 5) is 7.79. The van der Waals surface area contributed by atoms with Crippen molar-refractivity contribution in [2.45, 2.75) is 0 Å². The Bertz CT molecular complexity index is 485. The Labute approximate surface area is 85.1 Å². The van der Waals surface area contributed by atoms with E-state index in [0.29, 0.717) is 21.8 Å². The molecule has 0 fully saturated rings. The minimum Gasteiger partial charge on any atom is -0.422 e. The fourth-order valence-corrected chi connectivity index (χ4v) is 1.55. The van der Waals surface area contributed by atoms with E-state index in [1.165, 1.54) is 6.33 Å². The molecule has 0 spiro atoms. The Morgan fingerprint density at radius 1 is 1.43 bits per heavy atom. The molecule has 0 aliphatic rings. The van der Waals surface area contributed by atoms with Gasteiger partial charge in [0.1, 0.15) is 17.1 Å². The van der Waals surface area contributed by atoms with Gasteiger partial charge in [-0.25, -0.2) is 9.97 Å². The smallest absolute Gasteiger partial charge is 0.422 e. The first-order valence-electron chi connectivity index (χ1n) is 3.93. The van der Waals surface area contributed by atoms with Gasteiger partial charge in [0, 0.05) is 7.05 Å². The summed E-state index contributed by atoms with van der Waals surface area (Å²) in [6, 6.07) is 1.56. The van der Waals surface area contributed by atoms with Crippen molar-refractivity contribution in [1.29, 1.82) is 0 Å². The summed E-state index contributed by atoms with van der Waals surface area (Å²) in [5.41, 5.74) is 0.913. The van der Waals surface area contributed by atoms with E-state index in [4.69, 9.17) is 21.6 Å². The third-order valence-electron chi connectivity index (χ3n) is 2.08. The molecule has 72 valence electrons. The first-order valence-corrected chi connectivity index (χ1v) is 4.31. The van der Waals surface area contributed by atoms with E-state index in [9.17, 15) is 0 Å². The van der Waals surface area contributed by atoms with Crippen LogP contribution < -0.4 is 5.59 Å². The molecule has 0 aliphatic carbocycles. The van der Waals surface area contributed by atoms with Crippen LogP contribution in [0.15, 0.2) is 12.4 Å². The summed E-state index contributed by atoms with van der Waals surface area (Å²) in [5, 5.41) is 19.0. The van der Waals surface area contributed by atoms with Gasteiger partial charge in [-0.2, -0.15) is 0 Å². The Balaban J connectivity index is 2.80. The standard InChI is InChI=1S/C7H7BClN3O2/c1-12-5(8(13)14)2-4-6(9)10-3-11-7(4)12/h2-3,13-14H,1H3. The van der Waals surface area contributed by atoms with E-state index in [1.807, 2.05) is 0 Å². The molecule has 0 aliphatic heterocycles. The van der Waals surface area contributed by atoms with Gasteiger partial charge < -0.3 is 14.6 Å². The van der Waals surface area contributed by atoms with Crippen molar-refractivity contribution in [3.8, 4) is 0 Å². The normalized spacial score (nSPS) is 10.9. The monoisotopic (exact) mass is 211 g/mol. The number of hydrogen-bond acceptors (Lipinski definition) is 4. The number of aryl methyl sites for hydroxylation is 1. The number of halogens is 1. The van der Waals surface area contributed by atoms with E-state index in [2.05, 4.69) is 9.97 Å². The maximum absolute atomic E-state index is 9.04. The van der Waals surface area contributed by atoms with E-state index >= 15 is 0 Å². The first-order chi connectivity index (χ1) is 6.61. The lowest BCUT2D eigenvalue weighted by Crippen LogP contribution is -2.34. The molecule has 2 N–H and O–H groups in total. The molecule has 5 nitrogen and oxygen atoms in total. The maximum Gasteiger partial charge on any atom is 0.506 e. The molecule has 0 saturated carbocycles. The number of aromatic nitrogens is 3. The van der Waals surface area contributed by atoms with Crippen molar-refractivity contribution in [3.05, 3.63) is 17.5 Å². The average Bonchev–Trinajstić information content (AvgIpc) is 2.46. The zero-order valence-corrected chi connectivity index (χ0v) is 8.10. The molecule has 0 bridgehead atoms. The zero-order valence-electron chi connectivity index (χ0n) is 7.35. The first kappa shape index (κ1) is 9.45. The fourth-order valence-electron chi connectivity index (χ4n) is 1.37. The lowest BCUT2D eigenvalue weighted by molar-refractivity contribution is 0.423. The SMILES string of the molecule is Cn1c(B(O)O)cc2c(Cl)ncnc21. The molecular weight excluding hydrogens is 204 g/mol. The molecule has 2 heterocycles. The number of rotatable bonds is 1. The van der Waals surface area contributed by atoms with Crippen LogP contribution in [0.4, 0.5) is 0 Å². The Morgan fingerprint density at radius 3 is 2.71 bits per heavy atom. The summed E-state index contributed by atoms with van der Waals surface area (Å²) in [5.74, 6) is 0. The quantitative estimate of drug-likeness (QED) is 0.483. The zero-order chi connectivity index (χ0) is 10.3. The van der Waals surface area contributed by atoms with E-state index in [0.717, 1.165) is 0 Å². The lowest BCUT2D eigenvalue weighted by atomic mass is 9.86. The maximum atomic E-state index is 9.04. The summed E-state index contributed by atoms with van der Waals surface area (Å²) >= 11 is 5.82. The highest BCUT2D eigenvalue weighted by Gasteiger charge is 2.19. The van der Waals surface area contributed by atoms with E-state index in [-0.39, 0.29) is 0 Å². The molecule has 7 heteroatoms. The van der Waals surface area contributed by atoms with Crippen molar-refractivity contribution < 1.29 is 10.0 Å². The third kappa shape index (κ3) is 1.28. The molecule has 0 radical (unpaired) electrons. The van der Waals surface area contributed by atoms with Crippen molar-refractivity contribution in [2.75, 3.05) is 0 Å². The van der Waals surface area contributed by atoms with Crippen LogP contribution in [0.1, 0.15) is 0 Å². The molecule has 0 amide bonds. The van der Waals surface area contributed by atoms with Crippen LogP contribution in [0.25, 0.3) is 11.0 Å².